The Morgan fingerprint density at radius 3 is 2.40 bits per heavy atom. The molecule has 0 saturated heterocycles. The lowest BCUT2D eigenvalue weighted by Gasteiger charge is -2.26. The molecule has 30 heavy (non-hydrogen) atoms. The Labute approximate surface area is 191 Å². The molecule has 1 aromatic heterocycles. The molecule has 0 aliphatic heterocycles. The van der Waals surface area contributed by atoms with E-state index in [0.29, 0.717) is 12.0 Å². The molecular weight excluding hydrogens is 425 g/mol. The summed E-state index contributed by atoms with van der Waals surface area (Å²) in [5, 5.41) is 6.02. The average Bonchev–Trinajstić information content (AvgIpc) is 3.11. The second-order valence-electron chi connectivity index (χ2n) is 8.31. The average molecular weight is 456 g/mol. The van der Waals surface area contributed by atoms with E-state index in [1.54, 1.807) is 11.3 Å². The smallest absolute Gasteiger partial charge is 0.0406 e. The van der Waals surface area contributed by atoms with Gasteiger partial charge >= 0.3 is 0 Å². The Morgan fingerprint density at radius 2 is 1.73 bits per heavy atom. The van der Waals surface area contributed by atoms with E-state index in [2.05, 4.69) is 75.4 Å². The van der Waals surface area contributed by atoms with Gasteiger partial charge in [-0.3, -0.25) is 5.09 Å². The quantitative estimate of drug-likeness (QED) is 0.237. The SMILES string of the molecule is C=Cc1cc2cc(CP(Cc3ccc(Cl)cc3)N[C@@H](C)C(=C)CC(C)C)ccc2s1. The Bertz CT molecular complexity index is 1010. The molecule has 3 aromatic rings. The fraction of sp³-hybridized carbons (Fsp3) is 0.308. The van der Waals surface area contributed by atoms with E-state index in [1.165, 1.54) is 31.7 Å². The molecule has 0 aliphatic carbocycles. The third-order valence-electron chi connectivity index (χ3n) is 5.12. The second kappa shape index (κ2) is 10.7. The zero-order valence-electron chi connectivity index (χ0n) is 18.1. The number of fused-ring (bicyclic) bond motifs is 1. The van der Waals surface area contributed by atoms with Gasteiger partial charge < -0.3 is 0 Å². The summed E-state index contributed by atoms with van der Waals surface area (Å²) in [4.78, 5) is 1.22. The lowest BCUT2D eigenvalue weighted by atomic mass is 10.0. The lowest BCUT2D eigenvalue weighted by molar-refractivity contribution is 0.601. The number of hydrogen-bond acceptors (Lipinski definition) is 2. The highest BCUT2D eigenvalue weighted by Gasteiger charge is 2.16. The third-order valence-corrected chi connectivity index (χ3v) is 8.73. The maximum absolute atomic E-state index is 6.09. The van der Waals surface area contributed by atoms with E-state index in [9.17, 15) is 0 Å². The van der Waals surface area contributed by atoms with Crippen molar-refractivity contribution in [3.8, 4) is 0 Å². The first-order valence-corrected chi connectivity index (χ1v) is 13.3. The Morgan fingerprint density at radius 1 is 1.07 bits per heavy atom. The van der Waals surface area contributed by atoms with Crippen LogP contribution in [0.25, 0.3) is 16.2 Å². The largest absolute Gasteiger partial charge is 0.289 e. The lowest BCUT2D eigenvalue weighted by Crippen LogP contribution is -2.25. The van der Waals surface area contributed by atoms with Crippen LogP contribution in [0.4, 0.5) is 0 Å². The number of rotatable bonds is 10. The summed E-state index contributed by atoms with van der Waals surface area (Å²) in [7, 11) is -0.443. The van der Waals surface area contributed by atoms with Gasteiger partial charge in [-0.05, 0) is 74.2 Å². The van der Waals surface area contributed by atoms with Crippen molar-refractivity contribution in [1.82, 2.24) is 5.09 Å². The molecule has 0 saturated carbocycles. The van der Waals surface area contributed by atoms with Crippen LogP contribution in [-0.4, -0.2) is 6.04 Å². The molecule has 1 nitrogen and oxygen atoms in total. The van der Waals surface area contributed by atoms with Crippen molar-refractivity contribution in [3.63, 3.8) is 0 Å². The molecule has 0 spiro atoms. The first-order valence-electron chi connectivity index (χ1n) is 10.4. The number of halogens is 1. The summed E-state index contributed by atoms with van der Waals surface area (Å²) < 4.78 is 1.32. The molecule has 0 aliphatic rings. The molecule has 1 heterocycles. The standard InChI is InChI=1S/C26H31ClNPS/c1-6-25-15-23-14-22(9-12-26(23)30-25)17-29(16-21-7-10-24(27)11-8-21)28-20(5)19(4)13-18(2)3/h6-12,14-15,18,20,28H,1,4,13,16-17H2,2-3,5H3/t20-,29?/m0/s1. The van der Waals surface area contributed by atoms with Crippen LogP contribution in [0.5, 0.6) is 0 Å². The van der Waals surface area contributed by atoms with Crippen molar-refractivity contribution in [2.24, 2.45) is 5.92 Å². The van der Waals surface area contributed by atoms with Gasteiger partial charge in [-0.25, -0.2) is 0 Å². The zero-order chi connectivity index (χ0) is 21.7. The van der Waals surface area contributed by atoms with Gasteiger partial charge in [0.25, 0.3) is 0 Å². The highest BCUT2D eigenvalue weighted by molar-refractivity contribution is 7.53. The van der Waals surface area contributed by atoms with Crippen molar-refractivity contribution in [3.05, 3.63) is 88.3 Å². The summed E-state index contributed by atoms with van der Waals surface area (Å²) in [5.41, 5.74) is 3.99. The molecule has 0 amide bonds. The number of nitrogens with one attached hydrogen (secondary N) is 1. The maximum Gasteiger partial charge on any atom is 0.0406 e. The molecular formula is C26H31ClNPS. The van der Waals surface area contributed by atoms with Gasteiger partial charge in [0.15, 0.2) is 0 Å². The normalized spacial score (nSPS) is 13.5. The molecule has 4 heteroatoms. The molecule has 0 bridgehead atoms. The van der Waals surface area contributed by atoms with Crippen LogP contribution in [0.2, 0.25) is 5.02 Å². The topological polar surface area (TPSA) is 12.0 Å². The highest BCUT2D eigenvalue weighted by Crippen LogP contribution is 2.42. The third kappa shape index (κ3) is 6.53. The maximum atomic E-state index is 6.09. The molecule has 2 aromatic carbocycles. The van der Waals surface area contributed by atoms with E-state index >= 15 is 0 Å². The minimum absolute atomic E-state index is 0.308. The van der Waals surface area contributed by atoms with Crippen LogP contribution in [0.1, 0.15) is 43.2 Å². The van der Waals surface area contributed by atoms with Crippen LogP contribution in [0, 0.1) is 5.92 Å². The van der Waals surface area contributed by atoms with Gasteiger partial charge in [0.05, 0.1) is 0 Å². The van der Waals surface area contributed by atoms with Crippen molar-refractivity contribution >= 4 is 47.2 Å². The first-order chi connectivity index (χ1) is 14.3. The summed E-state index contributed by atoms with van der Waals surface area (Å²) in [6, 6.07) is 17.7. The van der Waals surface area contributed by atoms with Gasteiger partial charge in [0, 0.05) is 33.0 Å². The van der Waals surface area contributed by atoms with Crippen LogP contribution in [0.15, 0.2) is 67.3 Å². The van der Waals surface area contributed by atoms with E-state index in [-0.39, 0.29) is 0 Å². The Balaban J connectivity index is 1.79. The molecule has 158 valence electrons. The van der Waals surface area contributed by atoms with Crippen LogP contribution >= 0.6 is 31.0 Å². The van der Waals surface area contributed by atoms with E-state index < -0.39 is 8.07 Å². The van der Waals surface area contributed by atoms with Gasteiger partial charge in [-0.2, -0.15) is 0 Å². The molecule has 0 fully saturated rings. The van der Waals surface area contributed by atoms with E-state index in [1.807, 2.05) is 18.2 Å². The Hall–Kier alpha value is -1.44. The summed E-state index contributed by atoms with van der Waals surface area (Å²) >= 11 is 7.89. The fourth-order valence-corrected chi connectivity index (χ4v) is 6.89. The number of hydrogen-bond donors (Lipinski definition) is 1. The number of benzene rings is 2. The van der Waals surface area contributed by atoms with E-state index in [4.69, 9.17) is 11.6 Å². The van der Waals surface area contributed by atoms with Crippen molar-refractivity contribution in [2.75, 3.05) is 0 Å². The first kappa shape index (κ1) is 23.2. The molecule has 1 unspecified atom stereocenters. The van der Waals surface area contributed by atoms with Gasteiger partial charge in [-0.15, -0.1) is 11.3 Å². The monoisotopic (exact) mass is 455 g/mol. The van der Waals surface area contributed by atoms with E-state index in [0.717, 1.165) is 23.8 Å². The zero-order valence-corrected chi connectivity index (χ0v) is 20.6. The van der Waals surface area contributed by atoms with Crippen LogP contribution in [-0.2, 0) is 12.3 Å². The van der Waals surface area contributed by atoms with Crippen LogP contribution in [0.3, 0.4) is 0 Å². The summed E-state index contributed by atoms with van der Waals surface area (Å²) in [6.07, 6.45) is 5.04. The van der Waals surface area contributed by atoms with Crippen molar-refractivity contribution in [2.45, 2.75) is 45.6 Å². The number of thiophene rings is 1. The van der Waals surface area contributed by atoms with Gasteiger partial charge in [0.2, 0.25) is 0 Å². The molecule has 0 radical (unpaired) electrons. The highest BCUT2D eigenvalue weighted by atomic mass is 35.5. The predicted octanol–water partition coefficient (Wildman–Crippen LogP) is 8.88. The van der Waals surface area contributed by atoms with Gasteiger partial charge in [-0.1, -0.05) is 68.5 Å². The minimum Gasteiger partial charge on any atom is -0.289 e. The van der Waals surface area contributed by atoms with Crippen LogP contribution < -0.4 is 5.09 Å². The molecule has 3 rings (SSSR count). The van der Waals surface area contributed by atoms with Crippen molar-refractivity contribution < 1.29 is 0 Å². The Kier molecular flexibility index (Phi) is 8.31. The summed E-state index contributed by atoms with van der Waals surface area (Å²) in [6.45, 7) is 15.0. The fourth-order valence-electron chi connectivity index (χ4n) is 3.56. The molecule has 2 atom stereocenters. The second-order valence-corrected chi connectivity index (χ2v) is 11.8. The molecule has 1 N–H and O–H groups in total. The van der Waals surface area contributed by atoms with Crippen molar-refractivity contribution in [1.29, 1.82) is 0 Å². The summed E-state index contributed by atoms with van der Waals surface area (Å²) in [5.74, 6) is 0.629. The minimum atomic E-state index is -0.443. The predicted molar refractivity (Wildman–Crippen MR) is 139 cm³/mol. The van der Waals surface area contributed by atoms with Gasteiger partial charge in [0.1, 0.15) is 0 Å².